The molecule has 0 saturated carbocycles. The molecule has 2 amide bonds. The maximum atomic E-state index is 12.8. The molecule has 144 valence electrons. The number of nitrogens with zero attached hydrogens (tertiary/aromatic N) is 1. The number of hydrogen-bond donors (Lipinski definition) is 2. The fourth-order valence-electron chi connectivity index (χ4n) is 3.28. The second-order valence-electron chi connectivity index (χ2n) is 6.90. The maximum absolute atomic E-state index is 12.8. The van der Waals surface area contributed by atoms with Crippen LogP contribution in [0, 0.1) is 6.92 Å². The summed E-state index contributed by atoms with van der Waals surface area (Å²) in [6.45, 7) is 2.58. The van der Waals surface area contributed by atoms with Crippen LogP contribution in [0.2, 0.25) is 0 Å². The maximum Gasteiger partial charge on any atom is 0.416 e. The number of urea groups is 1. The van der Waals surface area contributed by atoms with Crippen LogP contribution in [0.4, 0.5) is 23.7 Å². The van der Waals surface area contributed by atoms with E-state index in [1.807, 2.05) is 31.2 Å². The Kier molecular flexibility index (Phi) is 5.15. The zero-order valence-electron chi connectivity index (χ0n) is 14.9. The number of halogens is 3. The Balaban J connectivity index is 1.64. The third-order valence-corrected chi connectivity index (χ3v) is 4.87. The average Bonchev–Trinajstić information content (AvgIpc) is 2.62. The Morgan fingerprint density at radius 1 is 1.11 bits per heavy atom. The first kappa shape index (κ1) is 19.2. The number of carbonyl (C=O) groups is 1. The molecule has 1 fully saturated rings. The van der Waals surface area contributed by atoms with Crippen molar-refractivity contribution in [3.05, 3.63) is 65.2 Å². The van der Waals surface area contributed by atoms with Crippen molar-refractivity contribution in [2.24, 2.45) is 0 Å². The lowest BCUT2D eigenvalue weighted by Crippen LogP contribution is -2.46. The number of aliphatic hydroxyl groups is 1. The second-order valence-corrected chi connectivity index (χ2v) is 6.90. The van der Waals surface area contributed by atoms with Crippen molar-refractivity contribution in [1.29, 1.82) is 0 Å². The summed E-state index contributed by atoms with van der Waals surface area (Å²) in [5.74, 6) is 0. The molecule has 4 nitrogen and oxygen atoms in total. The van der Waals surface area contributed by atoms with Crippen molar-refractivity contribution in [3.8, 4) is 0 Å². The highest BCUT2D eigenvalue weighted by atomic mass is 19.4. The first-order valence-corrected chi connectivity index (χ1v) is 8.70. The number of likely N-dealkylation sites (tertiary alicyclic amines) is 1. The number of aryl methyl sites for hydroxylation is 1. The lowest BCUT2D eigenvalue weighted by atomic mass is 9.84. The molecule has 2 N–H and O–H groups in total. The number of alkyl halides is 3. The fraction of sp³-hybridized carbons (Fsp3) is 0.350. The van der Waals surface area contributed by atoms with Gasteiger partial charge in [0.15, 0.2) is 0 Å². The number of carbonyl (C=O) groups excluding carboxylic acids is 1. The van der Waals surface area contributed by atoms with E-state index in [1.54, 1.807) is 0 Å². The van der Waals surface area contributed by atoms with Crippen LogP contribution in [0.3, 0.4) is 0 Å². The van der Waals surface area contributed by atoms with Crippen molar-refractivity contribution in [1.82, 2.24) is 4.90 Å². The summed E-state index contributed by atoms with van der Waals surface area (Å²) in [6, 6.07) is 11.7. The summed E-state index contributed by atoms with van der Waals surface area (Å²) in [4.78, 5) is 13.9. The van der Waals surface area contributed by atoms with Crippen LogP contribution in [0.5, 0.6) is 0 Å². The first-order chi connectivity index (χ1) is 12.7. The van der Waals surface area contributed by atoms with Crippen LogP contribution in [-0.4, -0.2) is 29.1 Å². The summed E-state index contributed by atoms with van der Waals surface area (Å²) in [6.07, 6.45) is -3.73. The smallest absolute Gasteiger partial charge is 0.385 e. The van der Waals surface area contributed by atoms with E-state index in [0.29, 0.717) is 25.9 Å². The van der Waals surface area contributed by atoms with Crippen LogP contribution >= 0.6 is 0 Å². The van der Waals surface area contributed by atoms with E-state index in [9.17, 15) is 23.1 Å². The van der Waals surface area contributed by atoms with E-state index in [2.05, 4.69) is 5.32 Å². The largest absolute Gasteiger partial charge is 0.416 e. The van der Waals surface area contributed by atoms with E-state index in [0.717, 1.165) is 23.3 Å². The van der Waals surface area contributed by atoms with Crippen molar-refractivity contribution < 1.29 is 23.1 Å². The summed E-state index contributed by atoms with van der Waals surface area (Å²) < 4.78 is 38.4. The van der Waals surface area contributed by atoms with Gasteiger partial charge in [0, 0.05) is 18.8 Å². The molecular weight excluding hydrogens is 357 g/mol. The topological polar surface area (TPSA) is 52.6 Å². The molecule has 0 unspecified atom stereocenters. The van der Waals surface area contributed by atoms with Gasteiger partial charge in [0.2, 0.25) is 0 Å². The molecule has 27 heavy (non-hydrogen) atoms. The summed E-state index contributed by atoms with van der Waals surface area (Å²) >= 11 is 0. The molecule has 7 heteroatoms. The molecular formula is C20H21F3N2O2. The Morgan fingerprint density at radius 2 is 1.78 bits per heavy atom. The van der Waals surface area contributed by atoms with E-state index in [4.69, 9.17) is 0 Å². The Hall–Kier alpha value is -2.54. The van der Waals surface area contributed by atoms with E-state index < -0.39 is 23.4 Å². The fourth-order valence-corrected chi connectivity index (χ4v) is 3.28. The van der Waals surface area contributed by atoms with Gasteiger partial charge in [-0.1, -0.05) is 35.9 Å². The molecule has 0 spiro atoms. The number of anilines is 1. The molecule has 1 aliphatic heterocycles. The van der Waals surface area contributed by atoms with E-state index >= 15 is 0 Å². The monoisotopic (exact) mass is 378 g/mol. The third kappa shape index (κ3) is 4.42. The van der Waals surface area contributed by atoms with Gasteiger partial charge in [-0.15, -0.1) is 0 Å². The van der Waals surface area contributed by atoms with Crippen molar-refractivity contribution >= 4 is 11.7 Å². The third-order valence-electron chi connectivity index (χ3n) is 4.87. The highest BCUT2D eigenvalue weighted by Gasteiger charge is 2.35. The van der Waals surface area contributed by atoms with Gasteiger partial charge in [-0.25, -0.2) is 4.79 Å². The first-order valence-electron chi connectivity index (χ1n) is 8.70. The van der Waals surface area contributed by atoms with Gasteiger partial charge >= 0.3 is 12.2 Å². The molecule has 3 rings (SSSR count). The van der Waals surface area contributed by atoms with Crippen LogP contribution in [0.15, 0.2) is 48.5 Å². The number of amides is 2. The minimum absolute atomic E-state index is 0.0920. The molecule has 2 aromatic rings. The quantitative estimate of drug-likeness (QED) is 0.807. The number of piperidine rings is 1. The number of hydrogen-bond acceptors (Lipinski definition) is 2. The Labute approximate surface area is 155 Å². The Morgan fingerprint density at radius 3 is 2.41 bits per heavy atom. The second kappa shape index (κ2) is 7.23. The molecule has 2 aromatic carbocycles. The molecule has 1 aliphatic rings. The van der Waals surface area contributed by atoms with E-state index in [1.165, 1.54) is 17.0 Å². The number of benzene rings is 2. The van der Waals surface area contributed by atoms with Crippen molar-refractivity contribution in [2.75, 3.05) is 18.4 Å². The standard InChI is InChI=1S/C20H21F3N2O2/c1-14-4-2-5-15(12-14)19(27)8-10-25(11-9-19)18(26)24-17-7-3-6-16(13-17)20(21,22)23/h2-7,12-13,27H,8-11H2,1H3,(H,24,26). The summed E-state index contributed by atoms with van der Waals surface area (Å²) in [5, 5.41) is 13.4. The number of rotatable bonds is 2. The molecule has 0 aliphatic carbocycles. The highest BCUT2D eigenvalue weighted by Crippen LogP contribution is 2.34. The van der Waals surface area contributed by atoms with Gasteiger partial charge in [0.25, 0.3) is 0 Å². The van der Waals surface area contributed by atoms with Gasteiger partial charge in [-0.3, -0.25) is 0 Å². The van der Waals surface area contributed by atoms with Gasteiger partial charge in [-0.2, -0.15) is 13.2 Å². The van der Waals surface area contributed by atoms with Gasteiger partial charge < -0.3 is 15.3 Å². The predicted octanol–water partition coefficient (Wildman–Crippen LogP) is 4.53. The SMILES string of the molecule is Cc1cccc(C2(O)CCN(C(=O)Nc3cccc(C(F)(F)F)c3)CC2)c1. The van der Waals surface area contributed by atoms with Gasteiger partial charge in [0.05, 0.1) is 11.2 Å². The Bertz CT molecular complexity index is 828. The van der Waals surface area contributed by atoms with Crippen LogP contribution < -0.4 is 5.32 Å². The minimum Gasteiger partial charge on any atom is -0.385 e. The van der Waals surface area contributed by atoms with Crippen molar-refractivity contribution in [3.63, 3.8) is 0 Å². The average molecular weight is 378 g/mol. The van der Waals surface area contributed by atoms with Crippen LogP contribution in [0.1, 0.15) is 29.5 Å². The normalized spacial score (nSPS) is 16.9. The highest BCUT2D eigenvalue weighted by molar-refractivity contribution is 5.89. The lowest BCUT2D eigenvalue weighted by Gasteiger charge is -2.38. The predicted molar refractivity (Wildman–Crippen MR) is 96.3 cm³/mol. The van der Waals surface area contributed by atoms with Gasteiger partial charge in [0.1, 0.15) is 0 Å². The van der Waals surface area contributed by atoms with Gasteiger partial charge in [-0.05, 0) is 43.5 Å². The molecule has 1 heterocycles. The van der Waals surface area contributed by atoms with E-state index in [-0.39, 0.29) is 5.69 Å². The minimum atomic E-state index is -4.46. The zero-order chi connectivity index (χ0) is 19.7. The number of nitrogens with one attached hydrogen (secondary N) is 1. The lowest BCUT2D eigenvalue weighted by molar-refractivity contribution is -0.137. The molecule has 0 radical (unpaired) electrons. The summed E-state index contributed by atoms with van der Waals surface area (Å²) in [7, 11) is 0. The zero-order valence-corrected chi connectivity index (χ0v) is 14.9. The van der Waals surface area contributed by atoms with Crippen molar-refractivity contribution in [2.45, 2.75) is 31.5 Å². The summed E-state index contributed by atoms with van der Waals surface area (Å²) in [5.41, 5.74) is 0.145. The molecule has 0 aromatic heterocycles. The molecule has 1 saturated heterocycles. The molecule has 0 bridgehead atoms. The van der Waals surface area contributed by atoms with Crippen LogP contribution in [-0.2, 0) is 11.8 Å². The van der Waals surface area contributed by atoms with Crippen LogP contribution in [0.25, 0.3) is 0 Å². The molecule has 0 atom stereocenters.